The van der Waals surface area contributed by atoms with Crippen molar-refractivity contribution in [2.24, 2.45) is 5.14 Å². The van der Waals surface area contributed by atoms with Gasteiger partial charge in [0, 0.05) is 16.7 Å². The van der Waals surface area contributed by atoms with E-state index in [9.17, 15) is 13.5 Å². The van der Waals surface area contributed by atoms with Gasteiger partial charge in [0.15, 0.2) is 11.5 Å². The van der Waals surface area contributed by atoms with E-state index in [0.717, 1.165) is 27.8 Å². The van der Waals surface area contributed by atoms with Crippen LogP contribution in [0.4, 0.5) is 0 Å². The van der Waals surface area contributed by atoms with Crippen molar-refractivity contribution in [3.05, 3.63) is 76.9 Å². The molecule has 0 fully saturated rings. The Morgan fingerprint density at radius 2 is 1.81 bits per heavy atom. The second-order valence-corrected chi connectivity index (χ2v) is 8.90. The summed E-state index contributed by atoms with van der Waals surface area (Å²) in [5.74, 6) is 1.50. The molecule has 0 amide bonds. The van der Waals surface area contributed by atoms with Crippen molar-refractivity contribution in [3.8, 4) is 28.4 Å². The maximum absolute atomic E-state index is 11.7. The average molecular weight is 442 g/mol. The molecule has 1 atom stereocenters. The number of ether oxygens (including phenoxy) is 3. The first kappa shape index (κ1) is 21.2. The lowest BCUT2D eigenvalue weighted by Gasteiger charge is -2.31. The Morgan fingerprint density at radius 3 is 2.48 bits per heavy atom. The highest BCUT2D eigenvalue weighted by Gasteiger charge is 2.30. The van der Waals surface area contributed by atoms with Crippen molar-refractivity contribution < 1.29 is 27.7 Å². The minimum Gasteiger partial charge on any atom is -0.493 e. The predicted molar refractivity (Wildman–Crippen MR) is 117 cm³/mol. The first-order valence-corrected chi connectivity index (χ1v) is 11.3. The van der Waals surface area contributed by atoms with Gasteiger partial charge in [0.25, 0.3) is 0 Å². The fourth-order valence-corrected chi connectivity index (χ4v) is 4.59. The maximum Gasteiger partial charge on any atom is 0.213 e. The van der Waals surface area contributed by atoms with Gasteiger partial charge in [0.05, 0.1) is 26.6 Å². The number of rotatable bonds is 6. The number of nitrogens with two attached hydrogens (primary N) is 1. The van der Waals surface area contributed by atoms with Crippen LogP contribution in [0.1, 0.15) is 28.4 Å². The molecule has 3 N–H and O–H groups in total. The van der Waals surface area contributed by atoms with Crippen molar-refractivity contribution in [2.75, 3.05) is 14.2 Å². The van der Waals surface area contributed by atoms with Crippen LogP contribution in [0.15, 0.2) is 54.6 Å². The highest BCUT2D eigenvalue weighted by atomic mass is 32.2. The van der Waals surface area contributed by atoms with E-state index in [1.165, 1.54) is 0 Å². The molecular weight excluding hydrogens is 418 g/mol. The third kappa shape index (κ3) is 4.10. The van der Waals surface area contributed by atoms with Gasteiger partial charge in [-0.25, -0.2) is 13.6 Å². The summed E-state index contributed by atoms with van der Waals surface area (Å²) in [6.45, 7) is -0.147. The molecule has 1 aliphatic rings. The number of fused-ring (bicyclic) bond motifs is 3. The van der Waals surface area contributed by atoms with Gasteiger partial charge >= 0.3 is 0 Å². The Bertz CT molecular complexity index is 1240. The van der Waals surface area contributed by atoms with Gasteiger partial charge in [-0.3, -0.25) is 0 Å². The number of hydrogen-bond donors (Lipinski definition) is 2. The SMILES string of the molecule is COc1ccc(C2Oc3cccc(CO)c3-c3ccc(CS(N)(=O)=O)cc32)cc1OC. The van der Waals surface area contributed by atoms with E-state index in [4.69, 9.17) is 19.3 Å². The molecule has 0 bridgehead atoms. The molecule has 7 nitrogen and oxygen atoms in total. The van der Waals surface area contributed by atoms with Crippen molar-refractivity contribution >= 4 is 10.0 Å². The number of aliphatic hydroxyl groups excluding tert-OH is 1. The normalized spacial score (nSPS) is 14.9. The molecule has 4 rings (SSSR count). The fraction of sp³-hybridized carbons (Fsp3) is 0.217. The molecule has 162 valence electrons. The quantitative estimate of drug-likeness (QED) is 0.608. The summed E-state index contributed by atoms with van der Waals surface area (Å²) in [7, 11) is -0.571. The largest absolute Gasteiger partial charge is 0.493 e. The molecule has 0 aliphatic carbocycles. The first-order chi connectivity index (χ1) is 14.8. The molecule has 0 aromatic heterocycles. The smallest absolute Gasteiger partial charge is 0.213 e. The lowest BCUT2D eigenvalue weighted by atomic mass is 9.86. The van der Waals surface area contributed by atoms with E-state index >= 15 is 0 Å². The van der Waals surface area contributed by atoms with Crippen LogP contribution in [0, 0.1) is 0 Å². The van der Waals surface area contributed by atoms with E-state index in [0.29, 0.717) is 22.8 Å². The van der Waals surface area contributed by atoms with Gasteiger partial charge in [-0.05, 0) is 34.9 Å². The second kappa shape index (κ2) is 8.22. The molecule has 0 saturated heterocycles. The third-order valence-electron chi connectivity index (χ3n) is 5.27. The maximum atomic E-state index is 11.7. The fourth-order valence-electron chi connectivity index (χ4n) is 3.95. The van der Waals surface area contributed by atoms with Crippen LogP contribution in [-0.2, 0) is 22.4 Å². The van der Waals surface area contributed by atoms with Gasteiger partial charge < -0.3 is 19.3 Å². The molecule has 1 heterocycles. The second-order valence-electron chi connectivity index (χ2n) is 7.29. The number of primary sulfonamides is 1. The monoisotopic (exact) mass is 441 g/mol. The van der Waals surface area contributed by atoms with Gasteiger partial charge in [0.2, 0.25) is 10.0 Å². The number of hydrogen-bond acceptors (Lipinski definition) is 6. The molecule has 0 spiro atoms. The standard InChI is InChI=1S/C23H23NO6S/c1-28-19-9-7-15(11-21(19)29-2)23-18-10-14(13-31(24,26)27)6-8-17(18)22-16(12-25)4-3-5-20(22)30-23/h3-11,23,25H,12-13H2,1-2H3,(H2,24,26,27). The molecule has 3 aromatic carbocycles. The van der Waals surface area contributed by atoms with Crippen molar-refractivity contribution in [1.29, 1.82) is 0 Å². The Kier molecular flexibility index (Phi) is 5.62. The van der Waals surface area contributed by atoms with E-state index in [1.54, 1.807) is 32.4 Å². The number of benzene rings is 3. The molecule has 3 aromatic rings. The zero-order chi connectivity index (χ0) is 22.2. The van der Waals surface area contributed by atoms with Crippen molar-refractivity contribution in [1.82, 2.24) is 0 Å². The van der Waals surface area contributed by atoms with E-state index in [2.05, 4.69) is 0 Å². The molecule has 8 heteroatoms. The molecule has 31 heavy (non-hydrogen) atoms. The van der Waals surface area contributed by atoms with Crippen molar-refractivity contribution in [2.45, 2.75) is 18.5 Å². The lowest BCUT2D eigenvalue weighted by Crippen LogP contribution is -2.18. The van der Waals surface area contributed by atoms with Gasteiger partial charge in [-0.15, -0.1) is 0 Å². The zero-order valence-corrected chi connectivity index (χ0v) is 18.0. The third-order valence-corrected chi connectivity index (χ3v) is 6.01. The lowest BCUT2D eigenvalue weighted by molar-refractivity contribution is 0.240. The molecule has 0 saturated carbocycles. The molecule has 0 radical (unpaired) electrons. The van der Waals surface area contributed by atoms with Gasteiger partial charge in [-0.1, -0.05) is 36.4 Å². The molecule has 1 unspecified atom stereocenters. The van der Waals surface area contributed by atoms with Crippen LogP contribution < -0.4 is 19.3 Å². The van der Waals surface area contributed by atoms with Crippen LogP contribution in [0.3, 0.4) is 0 Å². The van der Waals surface area contributed by atoms with Crippen LogP contribution in [0.2, 0.25) is 0 Å². The van der Waals surface area contributed by atoms with Gasteiger partial charge in [-0.2, -0.15) is 0 Å². The number of aliphatic hydroxyl groups is 1. The summed E-state index contributed by atoms with van der Waals surface area (Å²) < 4.78 is 40.4. The minimum absolute atomic E-state index is 0.147. The predicted octanol–water partition coefficient (Wildman–Crippen LogP) is 3.13. The summed E-state index contributed by atoms with van der Waals surface area (Å²) in [4.78, 5) is 0. The molecular formula is C23H23NO6S. The van der Waals surface area contributed by atoms with Crippen LogP contribution in [0.25, 0.3) is 11.1 Å². The highest BCUT2D eigenvalue weighted by molar-refractivity contribution is 7.88. The Balaban J connectivity index is 1.91. The van der Waals surface area contributed by atoms with E-state index < -0.39 is 16.1 Å². The van der Waals surface area contributed by atoms with Crippen LogP contribution in [-0.4, -0.2) is 27.7 Å². The summed E-state index contributed by atoms with van der Waals surface area (Å²) in [6.07, 6.45) is -0.517. The number of methoxy groups -OCH3 is 2. The molecule has 1 aliphatic heterocycles. The summed E-state index contributed by atoms with van der Waals surface area (Å²) in [6, 6.07) is 16.4. The number of sulfonamides is 1. The Hall–Kier alpha value is -3.07. The Morgan fingerprint density at radius 1 is 1.03 bits per heavy atom. The zero-order valence-electron chi connectivity index (χ0n) is 17.2. The topological polar surface area (TPSA) is 108 Å². The van der Waals surface area contributed by atoms with Crippen LogP contribution in [0.5, 0.6) is 17.2 Å². The van der Waals surface area contributed by atoms with E-state index in [1.807, 2.05) is 36.4 Å². The Labute approximate surface area is 181 Å². The average Bonchev–Trinajstić information content (AvgIpc) is 2.76. The van der Waals surface area contributed by atoms with E-state index in [-0.39, 0.29) is 12.4 Å². The van der Waals surface area contributed by atoms with Gasteiger partial charge in [0.1, 0.15) is 11.9 Å². The van der Waals surface area contributed by atoms with Crippen molar-refractivity contribution in [3.63, 3.8) is 0 Å². The summed E-state index contributed by atoms with van der Waals surface area (Å²) in [5.41, 5.74) is 4.53. The highest BCUT2D eigenvalue weighted by Crippen LogP contribution is 2.47. The van der Waals surface area contributed by atoms with Crippen LogP contribution >= 0.6 is 0 Å². The summed E-state index contributed by atoms with van der Waals surface area (Å²) in [5, 5.41) is 15.1. The first-order valence-electron chi connectivity index (χ1n) is 9.59. The summed E-state index contributed by atoms with van der Waals surface area (Å²) >= 11 is 0. The minimum atomic E-state index is -3.70.